The van der Waals surface area contributed by atoms with Crippen LogP contribution in [0.1, 0.15) is 62.5 Å². The minimum atomic E-state index is -0.778. The quantitative estimate of drug-likeness (QED) is 0.511. The minimum absolute atomic E-state index is 0.0476. The fraction of sp³-hybridized carbons (Fsp3) is 0.524. The summed E-state index contributed by atoms with van der Waals surface area (Å²) in [5, 5.41) is 0. The highest BCUT2D eigenvalue weighted by molar-refractivity contribution is 5.33. The first-order valence-electron chi connectivity index (χ1n) is 9.13. The van der Waals surface area contributed by atoms with Crippen LogP contribution in [0.3, 0.4) is 0 Å². The van der Waals surface area contributed by atoms with Crippen LogP contribution < -0.4 is 0 Å². The lowest BCUT2D eigenvalue weighted by atomic mass is 9.71. The van der Waals surface area contributed by atoms with Gasteiger partial charge in [0.2, 0.25) is 0 Å². The lowest BCUT2D eigenvalue weighted by Crippen LogP contribution is -2.24. The first-order valence-corrected chi connectivity index (χ1v) is 9.13. The molecule has 0 unspecified atom stereocenters. The summed E-state index contributed by atoms with van der Waals surface area (Å²) in [4.78, 5) is 0. The number of benzene rings is 1. The molecule has 3 rings (SSSR count). The van der Waals surface area contributed by atoms with Crippen LogP contribution in [-0.4, -0.2) is 0 Å². The lowest BCUT2D eigenvalue weighted by Gasteiger charge is -2.34. The van der Waals surface area contributed by atoms with Crippen molar-refractivity contribution in [1.29, 1.82) is 0 Å². The van der Waals surface area contributed by atoms with E-state index in [2.05, 4.69) is 0 Å². The lowest BCUT2D eigenvalue weighted by molar-refractivity contribution is 0.224. The van der Waals surface area contributed by atoms with Gasteiger partial charge < -0.3 is 0 Å². The smallest absolute Gasteiger partial charge is 0.162 e. The normalized spacial score (nSPS) is 27.4. The van der Waals surface area contributed by atoms with Crippen molar-refractivity contribution in [3.05, 3.63) is 58.2 Å². The van der Waals surface area contributed by atoms with Crippen molar-refractivity contribution in [3.63, 3.8) is 0 Å². The summed E-state index contributed by atoms with van der Waals surface area (Å²) in [7, 11) is 0. The highest BCUT2D eigenvalue weighted by Crippen LogP contribution is 2.46. The first kappa shape index (κ1) is 18.2. The van der Waals surface area contributed by atoms with Crippen LogP contribution in [-0.2, 0) is 0 Å². The molecule has 0 radical (unpaired) electrons. The van der Waals surface area contributed by atoms with Gasteiger partial charge >= 0.3 is 0 Å². The number of hydrogen-bond acceptors (Lipinski definition) is 0. The van der Waals surface area contributed by atoms with Gasteiger partial charge in [0.15, 0.2) is 17.5 Å². The van der Waals surface area contributed by atoms with Gasteiger partial charge in [-0.15, -0.1) is 0 Å². The van der Waals surface area contributed by atoms with E-state index in [0.717, 1.165) is 0 Å². The van der Waals surface area contributed by atoms with Gasteiger partial charge in [0.05, 0.1) is 0 Å². The Morgan fingerprint density at radius 3 is 2.28 bits per heavy atom. The van der Waals surface area contributed by atoms with E-state index in [9.17, 15) is 17.6 Å². The molecular formula is C21H24F4. The minimum Gasteiger partial charge on any atom is -0.208 e. The van der Waals surface area contributed by atoms with E-state index in [1.165, 1.54) is 0 Å². The van der Waals surface area contributed by atoms with Gasteiger partial charge in [-0.2, -0.15) is 0 Å². The summed E-state index contributed by atoms with van der Waals surface area (Å²) in [6.07, 6.45) is 5.62. The fourth-order valence-electron chi connectivity index (χ4n) is 4.29. The Morgan fingerprint density at radius 1 is 0.960 bits per heavy atom. The van der Waals surface area contributed by atoms with E-state index >= 15 is 0 Å². The van der Waals surface area contributed by atoms with Gasteiger partial charge in [0.1, 0.15) is 5.83 Å². The molecule has 4 heteroatoms. The molecule has 0 heterocycles. The van der Waals surface area contributed by atoms with Gasteiger partial charge in [0, 0.05) is 5.92 Å². The third-order valence-corrected chi connectivity index (χ3v) is 5.90. The number of aryl methyl sites for hydroxylation is 1. The zero-order chi connectivity index (χ0) is 18.1. The SMILES string of the molecule is CCC1=CC[C@@H](C2CCC(c3ccc(C)c(F)c3F)CC2)C(F)=C1F. The van der Waals surface area contributed by atoms with Crippen molar-refractivity contribution in [1.82, 2.24) is 0 Å². The van der Waals surface area contributed by atoms with Gasteiger partial charge in [-0.25, -0.2) is 17.6 Å². The summed E-state index contributed by atoms with van der Waals surface area (Å²) < 4.78 is 56.5. The number of halogens is 4. The predicted molar refractivity (Wildman–Crippen MR) is 91.5 cm³/mol. The van der Waals surface area contributed by atoms with Crippen molar-refractivity contribution in [3.8, 4) is 0 Å². The van der Waals surface area contributed by atoms with E-state index in [4.69, 9.17) is 0 Å². The molecule has 0 saturated heterocycles. The van der Waals surface area contributed by atoms with Gasteiger partial charge in [-0.3, -0.25) is 0 Å². The van der Waals surface area contributed by atoms with Crippen molar-refractivity contribution in [2.45, 2.75) is 58.3 Å². The van der Waals surface area contributed by atoms with Crippen molar-refractivity contribution in [2.75, 3.05) is 0 Å². The molecule has 0 N–H and O–H groups in total. The summed E-state index contributed by atoms with van der Waals surface area (Å²) in [5.74, 6) is -3.23. The number of allylic oxidation sites excluding steroid dienone is 4. The highest BCUT2D eigenvalue weighted by atomic mass is 19.2. The van der Waals surface area contributed by atoms with Crippen molar-refractivity contribution in [2.24, 2.45) is 11.8 Å². The predicted octanol–water partition coefficient (Wildman–Crippen LogP) is 7.05. The molecule has 1 fully saturated rings. The Balaban J connectivity index is 1.69. The Labute approximate surface area is 146 Å². The van der Waals surface area contributed by atoms with Gasteiger partial charge in [-0.05, 0) is 74.0 Å². The summed E-state index contributed by atoms with van der Waals surface area (Å²) in [6.45, 7) is 3.36. The molecule has 0 spiro atoms. The molecule has 0 aliphatic heterocycles. The first-order chi connectivity index (χ1) is 11.9. The average molecular weight is 352 g/mol. The maximum absolute atomic E-state index is 14.4. The third-order valence-electron chi connectivity index (χ3n) is 5.90. The zero-order valence-corrected chi connectivity index (χ0v) is 14.7. The maximum Gasteiger partial charge on any atom is 0.162 e. The molecule has 25 heavy (non-hydrogen) atoms. The van der Waals surface area contributed by atoms with Crippen LogP contribution in [0.25, 0.3) is 0 Å². The second-order valence-electron chi connectivity index (χ2n) is 7.30. The molecule has 1 saturated carbocycles. The van der Waals surface area contributed by atoms with Crippen LogP contribution >= 0.6 is 0 Å². The Hall–Kier alpha value is -1.58. The molecule has 1 aromatic rings. The van der Waals surface area contributed by atoms with E-state index < -0.39 is 29.2 Å². The molecule has 0 aromatic heterocycles. The molecule has 0 nitrogen and oxygen atoms in total. The zero-order valence-electron chi connectivity index (χ0n) is 14.7. The van der Waals surface area contributed by atoms with E-state index in [1.54, 1.807) is 19.1 Å². The monoisotopic (exact) mass is 352 g/mol. The van der Waals surface area contributed by atoms with E-state index in [0.29, 0.717) is 55.2 Å². The molecule has 2 aliphatic carbocycles. The molecule has 0 amide bonds. The molecule has 0 bridgehead atoms. The van der Waals surface area contributed by atoms with Crippen molar-refractivity contribution < 1.29 is 17.6 Å². The van der Waals surface area contributed by atoms with E-state index in [1.807, 2.05) is 13.0 Å². The third kappa shape index (κ3) is 3.40. The maximum atomic E-state index is 14.4. The van der Waals surface area contributed by atoms with Crippen LogP contribution in [0, 0.1) is 30.4 Å². The second kappa shape index (κ2) is 7.35. The van der Waals surface area contributed by atoms with Crippen LogP contribution in [0.5, 0.6) is 0 Å². The molecular weight excluding hydrogens is 328 g/mol. The number of rotatable bonds is 3. The Bertz CT molecular complexity index is 709. The topological polar surface area (TPSA) is 0 Å². The summed E-state index contributed by atoms with van der Waals surface area (Å²) in [5.41, 5.74) is 1.18. The Morgan fingerprint density at radius 2 is 1.64 bits per heavy atom. The highest BCUT2D eigenvalue weighted by Gasteiger charge is 2.35. The molecule has 1 atom stereocenters. The van der Waals surface area contributed by atoms with E-state index in [-0.39, 0.29) is 11.8 Å². The fourth-order valence-corrected chi connectivity index (χ4v) is 4.29. The van der Waals surface area contributed by atoms with Crippen LogP contribution in [0.2, 0.25) is 0 Å². The number of hydrogen-bond donors (Lipinski definition) is 0. The van der Waals surface area contributed by atoms with Gasteiger partial charge in [0.25, 0.3) is 0 Å². The van der Waals surface area contributed by atoms with Crippen LogP contribution in [0.4, 0.5) is 17.6 Å². The summed E-state index contributed by atoms with van der Waals surface area (Å²) >= 11 is 0. The van der Waals surface area contributed by atoms with Crippen molar-refractivity contribution >= 4 is 0 Å². The molecule has 2 aliphatic rings. The van der Waals surface area contributed by atoms with Crippen LogP contribution in [0.15, 0.2) is 35.4 Å². The standard InChI is InChI=1S/C21H24F4/c1-3-13-9-11-17(21(25)19(13)23)15-7-5-14(6-8-15)16-10-4-12(2)18(22)20(16)24/h4,9-10,14-15,17H,3,5-8,11H2,1-2H3/t14?,15?,17-/m0/s1. The summed E-state index contributed by atoms with van der Waals surface area (Å²) in [6, 6.07) is 3.27. The average Bonchev–Trinajstić information content (AvgIpc) is 2.62. The Kier molecular flexibility index (Phi) is 5.35. The van der Waals surface area contributed by atoms with Gasteiger partial charge in [-0.1, -0.05) is 25.1 Å². The largest absolute Gasteiger partial charge is 0.208 e. The molecule has 136 valence electrons. The molecule has 1 aromatic carbocycles. The second-order valence-corrected chi connectivity index (χ2v) is 7.30.